The van der Waals surface area contributed by atoms with Gasteiger partial charge in [-0.1, -0.05) is 12.2 Å². The third kappa shape index (κ3) is 3.16. The number of fused-ring (bicyclic) bond motifs is 1. The first-order chi connectivity index (χ1) is 8.22. The number of ether oxygens (including phenoxy) is 2. The quantitative estimate of drug-likeness (QED) is 0.305. The van der Waals surface area contributed by atoms with E-state index >= 15 is 0 Å². The molecule has 17 heavy (non-hydrogen) atoms. The maximum absolute atomic E-state index is 11.5. The van der Waals surface area contributed by atoms with Crippen LogP contribution in [0.5, 0.6) is 0 Å². The van der Waals surface area contributed by atoms with Crippen LogP contribution in [0.15, 0.2) is 12.2 Å². The number of hydrogen-bond acceptors (Lipinski definition) is 4. The molecule has 4 nitrogen and oxygen atoms in total. The zero-order chi connectivity index (χ0) is 12.3. The Bertz CT molecular complexity index is 334. The molecule has 4 heteroatoms. The molecule has 1 heterocycles. The number of Topliss-reactive ketones (excluding diaryl/α,β-unsaturated/α-hetero) is 1. The van der Waals surface area contributed by atoms with E-state index in [0.29, 0.717) is 18.6 Å². The van der Waals surface area contributed by atoms with Crippen LogP contribution in [-0.4, -0.2) is 31.1 Å². The molecule has 0 aromatic rings. The van der Waals surface area contributed by atoms with Crippen molar-refractivity contribution in [2.45, 2.75) is 44.3 Å². The Morgan fingerprint density at radius 1 is 1.53 bits per heavy atom. The van der Waals surface area contributed by atoms with Crippen LogP contribution in [0.1, 0.15) is 32.1 Å². The normalized spacial score (nSPS) is 30.6. The largest absolute Gasteiger partial charge is 0.469 e. The van der Waals surface area contributed by atoms with Crippen molar-refractivity contribution in [2.75, 3.05) is 7.11 Å². The standard InChI is InChI=1S/C13H18O4/c1-16-12(15)7-5-3-2-4-6-9-10(14)8-11-13(9)17-11/h2,4,9,11,13H,3,5-8H2,1H3. The second kappa shape index (κ2) is 5.45. The molecule has 94 valence electrons. The third-order valence-electron chi connectivity index (χ3n) is 3.37. The van der Waals surface area contributed by atoms with Crippen LogP contribution < -0.4 is 0 Å². The minimum atomic E-state index is -0.168. The van der Waals surface area contributed by atoms with Gasteiger partial charge >= 0.3 is 5.97 Å². The van der Waals surface area contributed by atoms with Crippen LogP contribution in [0.3, 0.4) is 0 Å². The van der Waals surface area contributed by atoms with E-state index in [1.54, 1.807) is 0 Å². The molecule has 2 fully saturated rings. The van der Waals surface area contributed by atoms with Crippen molar-refractivity contribution in [3.05, 3.63) is 12.2 Å². The summed E-state index contributed by atoms with van der Waals surface area (Å²) in [6.07, 6.45) is 7.97. The summed E-state index contributed by atoms with van der Waals surface area (Å²) in [7, 11) is 1.40. The van der Waals surface area contributed by atoms with Gasteiger partial charge in [-0.15, -0.1) is 0 Å². The summed E-state index contributed by atoms with van der Waals surface area (Å²) in [5.41, 5.74) is 0. The van der Waals surface area contributed by atoms with E-state index in [-0.39, 0.29) is 24.1 Å². The molecular formula is C13H18O4. The molecule has 1 aliphatic carbocycles. The lowest BCUT2D eigenvalue weighted by Crippen LogP contribution is -2.13. The fourth-order valence-corrected chi connectivity index (χ4v) is 2.30. The number of carbonyl (C=O) groups excluding carboxylic acids is 2. The van der Waals surface area contributed by atoms with Gasteiger partial charge in [0, 0.05) is 12.8 Å². The predicted molar refractivity (Wildman–Crippen MR) is 61.4 cm³/mol. The average Bonchev–Trinajstić information content (AvgIpc) is 3.00. The highest BCUT2D eigenvalue weighted by molar-refractivity contribution is 5.86. The van der Waals surface area contributed by atoms with Crippen molar-refractivity contribution in [1.82, 2.24) is 0 Å². The van der Waals surface area contributed by atoms with Crippen LogP contribution in [0.2, 0.25) is 0 Å². The second-order valence-corrected chi connectivity index (χ2v) is 4.59. The number of unbranched alkanes of at least 4 members (excludes halogenated alkanes) is 1. The average molecular weight is 238 g/mol. The first kappa shape index (κ1) is 12.3. The Hall–Kier alpha value is -1.16. The molecule has 3 atom stereocenters. The first-order valence-electron chi connectivity index (χ1n) is 6.12. The van der Waals surface area contributed by atoms with Crippen LogP contribution in [-0.2, 0) is 19.1 Å². The second-order valence-electron chi connectivity index (χ2n) is 4.59. The number of esters is 1. The first-order valence-corrected chi connectivity index (χ1v) is 6.12. The highest BCUT2D eigenvalue weighted by Crippen LogP contribution is 2.42. The predicted octanol–water partition coefficient (Wildman–Crippen LogP) is 1.63. The van der Waals surface area contributed by atoms with Crippen LogP contribution in [0, 0.1) is 5.92 Å². The SMILES string of the molecule is COC(=O)CCCC=CCC1C(=O)CC2OC21. The molecule has 1 saturated carbocycles. The van der Waals surface area contributed by atoms with Crippen molar-refractivity contribution >= 4 is 11.8 Å². The molecule has 0 amide bonds. The molecule has 3 unspecified atom stereocenters. The van der Waals surface area contributed by atoms with Crippen molar-refractivity contribution in [2.24, 2.45) is 5.92 Å². The molecule has 1 aliphatic heterocycles. The lowest BCUT2D eigenvalue weighted by Gasteiger charge is -2.04. The molecule has 2 rings (SSSR count). The molecular weight excluding hydrogens is 220 g/mol. The summed E-state index contributed by atoms with van der Waals surface area (Å²) in [4.78, 5) is 22.3. The third-order valence-corrected chi connectivity index (χ3v) is 3.37. The van der Waals surface area contributed by atoms with E-state index < -0.39 is 0 Å². The molecule has 0 aromatic heterocycles. The number of rotatable bonds is 6. The highest BCUT2D eigenvalue weighted by Gasteiger charge is 2.54. The molecule has 1 saturated heterocycles. The van der Waals surface area contributed by atoms with Crippen LogP contribution >= 0.6 is 0 Å². The Labute approximate surface area is 101 Å². The van der Waals surface area contributed by atoms with E-state index in [4.69, 9.17) is 4.74 Å². The van der Waals surface area contributed by atoms with Crippen molar-refractivity contribution in [3.63, 3.8) is 0 Å². The van der Waals surface area contributed by atoms with E-state index in [1.165, 1.54) is 7.11 Å². The smallest absolute Gasteiger partial charge is 0.305 e. The Morgan fingerprint density at radius 3 is 3.00 bits per heavy atom. The summed E-state index contributed by atoms with van der Waals surface area (Å²) in [5.74, 6) is 0.251. The molecule has 0 spiro atoms. The monoisotopic (exact) mass is 238 g/mol. The van der Waals surface area contributed by atoms with Gasteiger partial charge in [0.05, 0.1) is 25.2 Å². The van der Waals surface area contributed by atoms with Gasteiger partial charge in [-0.25, -0.2) is 0 Å². The lowest BCUT2D eigenvalue weighted by molar-refractivity contribution is -0.140. The fourth-order valence-electron chi connectivity index (χ4n) is 2.30. The van der Waals surface area contributed by atoms with E-state index in [1.807, 2.05) is 12.2 Å². The van der Waals surface area contributed by atoms with Crippen molar-refractivity contribution in [3.8, 4) is 0 Å². The van der Waals surface area contributed by atoms with Gasteiger partial charge < -0.3 is 9.47 Å². The van der Waals surface area contributed by atoms with E-state index in [2.05, 4.69) is 4.74 Å². The Kier molecular flexibility index (Phi) is 3.94. The van der Waals surface area contributed by atoms with Gasteiger partial charge in [-0.2, -0.15) is 0 Å². The minimum absolute atomic E-state index is 0.0804. The number of ketones is 1. The van der Waals surface area contributed by atoms with Gasteiger partial charge in [-0.05, 0) is 19.3 Å². The fraction of sp³-hybridized carbons (Fsp3) is 0.692. The Morgan fingerprint density at radius 2 is 2.35 bits per heavy atom. The zero-order valence-electron chi connectivity index (χ0n) is 10.1. The summed E-state index contributed by atoms with van der Waals surface area (Å²) in [5, 5.41) is 0. The van der Waals surface area contributed by atoms with Gasteiger partial charge in [0.2, 0.25) is 0 Å². The van der Waals surface area contributed by atoms with E-state index in [0.717, 1.165) is 19.3 Å². The topological polar surface area (TPSA) is 55.9 Å². The lowest BCUT2D eigenvalue weighted by atomic mass is 10.0. The highest BCUT2D eigenvalue weighted by atomic mass is 16.6. The number of carbonyl (C=O) groups is 2. The van der Waals surface area contributed by atoms with Crippen LogP contribution in [0.25, 0.3) is 0 Å². The Balaban J connectivity index is 1.58. The van der Waals surface area contributed by atoms with E-state index in [9.17, 15) is 9.59 Å². The summed E-state index contributed by atoms with van der Waals surface area (Å²) in [6.45, 7) is 0. The molecule has 2 aliphatic rings. The number of epoxide rings is 1. The van der Waals surface area contributed by atoms with Crippen molar-refractivity contribution in [1.29, 1.82) is 0 Å². The maximum atomic E-state index is 11.5. The molecule has 0 N–H and O–H groups in total. The maximum Gasteiger partial charge on any atom is 0.305 e. The van der Waals surface area contributed by atoms with Crippen LogP contribution in [0.4, 0.5) is 0 Å². The van der Waals surface area contributed by atoms with Crippen molar-refractivity contribution < 1.29 is 19.1 Å². The molecule has 0 radical (unpaired) electrons. The summed E-state index contributed by atoms with van der Waals surface area (Å²) in [6, 6.07) is 0. The molecule has 0 aromatic carbocycles. The summed E-state index contributed by atoms with van der Waals surface area (Å²) >= 11 is 0. The number of hydrogen-bond donors (Lipinski definition) is 0. The van der Waals surface area contributed by atoms with Gasteiger partial charge in [0.1, 0.15) is 5.78 Å². The molecule has 0 bridgehead atoms. The van der Waals surface area contributed by atoms with Gasteiger partial charge in [0.15, 0.2) is 0 Å². The van der Waals surface area contributed by atoms with Gasteiger partial charge in [-0.3, -0.25) is 9.59 Å². The number of methoxy groups -OCH3 is 1. The van der Waals surface area contributed by atoms with Gasteiger partial charge in [0.25, 0.3) is 0 Å². The minimum Gasteiger partial charge on any atom is -0.469 e. The number of allylic oxidation sites excluding steroid dienone is 2. The summed E-state index contributed by atoms with van der Waals surface area (Å²) < 4.78 is 9.89. The zero-order valence-corrected chi connectivity index (χ0v) is 10.1.